The van der Waals surface area contributed by atoms with E-state index in [0.717, 1.165) is 16.7 Å². The van der Waals surface area contributed by atoms with Crippen LogP contribution < -0.4 is 16.4 Å². The maximum Gasteiger partial charge on any atom is 0.303 e. The number of amides is 2. The molecule has 0 heterocycles. The number of aryl methyl sites for hydroxylation is 1. The van der Waals surface area contributed by atoms with Gasteiger partial charge in [0.15, 0.2) is 0 Å². The van der Waals surface area contributed by atoms with Gasteiger partial charge in [0.25, 0.3) is 0 Å². The zero-order valence-electron chi connectivity index (χ0n) is 18.7. The van der Waals surface area contributed by atoms with Crippen molar-refractivity contribution < 1.29 is 24.6 Å². The summed E-state index contributed by atoms with van der Waals surface area (Å²) >= 11 is 0. The number of primary amides is 1. The Hall–Kier alpha value is -3.23. The van der Waals surface area contributed by atoms with E-state index in [1.807, 2.05) is 54.6 Å². The largest absolute Gasteiger partial charge is 0.481 e. The van der Waals surface area contributed by atoms with Crippen molar-refractivity contribution in [1.82, 2.24) is 10.6 Å². The molecule has 0 fully saturated rings. The third-order valence-electron chi connectivity index (χ3n) is 5.42. The predicted molar refractivity (Wildman–Crippen MR) is 126 cm³/mol. The molecule has 178 valence electrons. The van der Waals surface area contributed by atoms with Gasteiger partial charge in [-0.1, -0.05) is 54.6 Å². The normalized spacial score (nSPS) is 12.6. The van der Waals surface area contributed by atoms with Gasteiger partial charge in [-0.15, -0.1) is 0 Å². The fourth-order valence-corrected chi connectivity index (χ4v) is 3.52. The number of carbonyl (C=O) groups excluding carboxylic acids is 2. The van der Waals surface area contributed by atoms with E-state index in [-0.39, 0.29) is 25.0 Å². The molecule has 2 aromatic rings. The number of nitrogens with one attached hydrogen (secondary N) is 2. The SMILES string of the molecule is NC(=O)C(CO)NCCCC(CCC(=O)O)NC(=O)CCc1ccc(-c2ccccc2)cc1. The predicted octanol–water partition coefficient (Wildman–Crippen LogP) is 1.85. The number of hydrogen-bond acceptors (Lipinski definition) is 5. The van der Waals surface area contributed by atoms with Gasteiger partial charge in [-0.3, -0.25) is 14.4 Å². The van der Waals surface area contributed by atoms with Crippen LogP contribution in [0.25, 0.3) is 11.1 Å². The highest BCUT2D eigenvalue weighted by Crippen LogP contribution is 2.19. The second-order valence-corrected chi connectivity index (χ2v) is 7.99. The quantitative estimate of drug-likeness (QED) is 0.260. The van der Waals surface area contributed by atoms with Crippen LogP contribution in [0.15, 0.2) is 54.6 Å². The van der Waals surface area contributed by atoms with E-state index in [2.05, 4.69) is 10.6 Å². The molecule has 0 bridgehead atoms. The number of aliphatic carboxylic acids is 1. The fraction of sp³-hybridized carbons (Fsp3) is 0.400. The molecule has 0 radical (unpaired) electrons. The van der Waals surface area contributed by atoms with Crippen LogP contribution >= 0.6 is 0 Å². The van der Waals surface area contributed by atoms with E-state index in [1.54, 1.807) is 0 Å². The molecule has 2 aromatic carbocycles. The van der Waals surface area contributed by atoms with E-state index in [0.29, 0.717) is 38.6 Å². The molecule has 6 N–H and O–H groups in total. The van der Waals surface area contributed by atoms with Gasteiger partial charge in [0.1, 0.15) is 6.04 Å². The minimum absolute atomic E-state index is 0.0418. The van der Waals surface area contributed by atoms with Crippen LogP contribution in [-0.2, 0) is 20.8 Å². The number of aliphatic hydroxyl groups is 1. The van der Waals surface area contributed by atoms with Gasteiger partial charge >= 0.3 is 5.97 Å². The molecule has 0 aliphatic carbocycles. The van der Waals surface area contributed by atoms with Crippen LogP contribution in [0, 0.1) is 0 Å². The maximum atomic E-state index is 12.5. The molecule has 0 spiro atoms. The molecule has 0 aromatic heterocycles. The van der Waals surface area contributed by atoms with Gasteiger partial charge < -0.3 is 26.6 Å². The Morgan fingerprint density at radius 1 is 0.909 bits per heavy atom. The second-order valence-electron chi connectivity index (χ2n) is 7.99. The summed E-state index contributed by atoms with van der Waals surface area (Å²) in [5.41, 5.74) is 8.48. The minimum Gasteiger partial charge on any atom is -0.481 e. The maximum absolute atomic E-state index is 12.5. The van der Waals surface area contributed by atoms with Gasteiger partial charge in [0, 0.05) is 18.9 Å². The van der Waals surface area contributed by atoms with Crippen LogP contribution in [0.1, 0.15) is 37.7 Å². The summed E-state index contributed by atoms with van der Waals surface area (Å²) in [5, 5.41) is 23.9. The Balaban J connectivity index is 1.81. The van der Waals surface area contributed by atoms with Crippen molar-refractivity contribution in [3.8, 4) is 11.1 Å². The standard InChI is InChI=1S/C25H33N3O5/c26-25(33)22(17-29)27-16-4-7-21(13-15-24(31)32)28-23(30)14-10-18-8-11-20(12-9-18)19-5-2-1-3-6-19/h1-3,5-6,8-9,11-12,21-22,27,29H,4,7,10,13-17H2,(H2,26,33)(H,28,30)(H,31,32). The van der Waals surface area contributed by atoms with E-state index >= 15 is 0 Å². The van der Waals surface area contributed by atoms with E-state index in [1.165, 1.54) is 0 Å². The first-order valence-corrected chi connectivity index (χ1v) is 11.2. The number of carbonyl (C=O) groups is 3. The fourth-order valence-electron chi connectivity index (χ4n) is 3.52. The Morgan fingerprint density at radius 2 is 1.58 bits per heavy atom. The van der Waals surface area contributed by atoms with E-state index in [4.69, 9.17) is 15.9 Å². The van der Waals surface area contributed by atoms with Crippen molar-refractivity contribution in [3.05, 3.63) is 60.2 Å². The molecule has 8 nitrogen and oxygen atoms in total. The zero-order chi connectivity index (χ0) is 24.1. The average Bonchev–Trinajstić information content (AvgIpc) is 2.81. The zero-order valence-corrected chi connectivity index (χ0v) is 18.7. The molecule has 0 aliphatic heterocycles. The van der Waals surface area contributed by atoms with Crippen LogP contribution in [0.2, 0.25) is 0 Å². The second kappa shape index (κ2) is 14.0. The molecule has 2 atom stereocenters. The summed E-state index contributed by atoms with van der Waals surface area (Å²) in [4.78, 5) is 34.6. The molecule has 2 amide bonds. The summed E-state index contributed by atoms with van der Waals surface area (Å²) < 4.78 is 0. The highest BCUT2D eigenvalue weighted by atomic mass is 16.4. The van der Waals surface area contributed by atoms with Gasteiger partial charge in [-0.25, -0.2) is 0 Å². The summed E-state index contributed by atoms with van der Waals surface area (Å²) in [6.07, 6.45) is 2.32. The lowest BCUT2D eigenvalue weighted by Gasteiger charge is -2.19. The van der Waals surface area contributed by atoms with E-state index in [9.17, 15) is 14.4 Å². The number of carboxylic acid groups (broad SMARTS) is 1. The van der Waals surface area contributed by atoms with Crippen molar-refractivity contribution >= 4 is 17.8 Å². The van der Waals surface area contributed by atoms with Crippen LogP contribution in [0.3, 0.4) is 0 Å². The van der Waals surface area contributed by atoms with Gasteiger partial charge in [-0.05, 0) is 48.9 Å². The molecule has 2 rings (SSSR count). The van der Waals surface area contributed by atoms with Gasteiger partial charge in [0.2, 0.25) is 11.8 Å². The summed E-state index contributed by atoms with van der Waals surface area (Å²) in [5.74, 6) is -1.68. The minimum atomic E-state index is -0.917. The molecule has 0 saturated carbocycles. The van der Waals surface area contributed by atoms with Crippen LogP contribution in [0.4, 0.5) is 0 Å². The molecule has 0 aliphatic rings. The topological polar surface area (TPSA) is 142 Å². The number of aliphatic hydroxyl groups excluding tert-OH is 1. The van der Waals surface area contributed by atoms with Crippen molar-refractivity contribution in [2.75, 3.05) is 13.2 Å². The number of carboxylic acids is 1. The third kappa shape index (κ3) is 9.84. The van der Waals surface area contributed by atoms with Crippen molar-refractivity contribution in [1.29, 1.82) is 0 Å². The molecule has 0 saturated heterocycles. The van der Waals surface area contributed by atoms with Crippen molar-refractivity contribution in [2.45, 2.75) is 50.6 Å². The summed E-state index contributed by atoms with van der Waals surface area (Å²) in [6.45, 7) is 0.0300. The van der Waals surface area contributed by atoms with Crippen molar-refractivity contribution in [3.63, 3.8) is 0 Å². The Bertz CT molecular complexity index is 887. The van der Waals surface area contributed by atoms with Crippen LogP contribution in [0.5, 0.6) is 0 Å². The first-order valence-electron chi connectivity index (χ1n) is 11.2. The Morgan fingerprint density at radius 3 is 2.18 bits per heavy atom. The first kappa shape index (κ1) is 26.0. The first-order chi connectivity index (χ1) is 15.9. The highest BCUT2D eigenvalue weighted by molar-refractivity contribution is 5.80. The molecular weight excluding hydrogens is 422 g/mol. The monoisotopic (exact) mass is 455 g/mol. The molecule has 2 unspecified atom stereocenters. The number of nitrogens with two attached hydrogens (primary N) is 1. The lowest BCUT2D eigenvalue weighted by atomic mass is 10.0. The lowest BCUT2D eigenvalue weighted by molar-refractivity contribution is -0.137. The summed E-state index contributed by atoms with van der Waals surface area (Å²) in [7, 11) is 0. The Kier molecular flexibility index (Phi) is 11.1. The van der Waals surface area contributed by atoms with Crippen molar-refractivity contribution in [2.24, 2.45) is 5.73 Å². The third-order valence-corrected chi connectivity index (χ3v) is 5.42. The van der Waals surface area contributed by atoms with Crippen LogP contribution in [-0.4, -0.2) is 53.2 Å². The number of rotatable bonds is 15. The lowest BCUT2D eigenvalue weighted by Crippen LogP contribution is -2.44. The Labute approximate surface area is 194 Å². The molecule has 33 heavy (non-hydrogen) atoms. The highest BCUT2D eigenvalue weighted by Gasteiger charge is 2.16. The van der Waals surface area contributed by atoms with Gasteiger partial charge in [0.05, 0.1) is 6.61 Å². The molecule has 8 heteroatoms. The molecular formula is C25H33N3O5. The average molecular weight is 456 g/mol. The van der Waals surface area contributed by atoms with Gasteiger partial charge in [-0.2, -0.15) is 0 Å². The smallest absolute Gasteiger partial charge is 0.303 e. The van der Waals surface area contributed by atoms with E-state index < -0.39 is 17.9 Å². The summed E-state index contributed by atoms with van der Waals surface area (Å²) in [6, 6.07) is 17.1. The number of hydrogen-bond donors (Lipinski definition) is 5. The number of benzene rings is 2.